The van der Waals surface area contributed by atoms with Gasteiger partial charge in [0, 0.05) is 25.6 Å². The molecule has 0 spiro atoms. The number of anilines is 3. The van der Waals surface area contributed by atoms with E-state index >= 15 is 0 Å². The first-order chi connectivity index (χ1) is 15.4. The number of amides is 1. The first kappa shape index (κ1) is 21.0. The summed E-state index contributed by atoms with van der Waals surface area (Å²) in [6.45, 7) is 4.38. The van der Waals surface area contributed by atoms with E-state index < -0.39 is 6.09 Å². The molecular weight excluding hydrogens is 410 g/mol. The van der Waals surface area contributed by atoms with Gasteiger partial charge in [0.25, 0.3) is 0 Å². The van der Waals surface area contributed by atoms with E-state index in [0.717, 1.165) is 16.5 Å². The Morgan fingerprint density at radius 3 is 2.66 bits per heavy atom. The fraction of sp³-hybridized carbons (Fsp3) is 0.238. The van der Waals surface area contributed by atoms with E-state index in [2.05, 4.69) is 19.9 Å². The average molecular weight is 433 g/mol. The molecule has 0 unspecified atom stereocenters. The number of ether oxygens (including phenoxy) is 1. The molecule has 4 heterocycles. The molecule has 1 amide bonds. The van der Waals surface area contributed by atoms with Crippen molar-refractivity contribution < 1.29 is 9.53 Å². The van der Waals surface area contributed by atoms with Gasteiger partial charge in [-0.15, -0.1) is 0 Å². The molecule has 11 nitrogen and oxygen atoms in total. The van der Waals surface area contributed by atoms with Crippen LogP contribution >= 0.6 is 0 Å². The van der Waals surface area contributed by atoms with Gasteiger partial charge in [0.1, 0.15) is 11.4 Å². The number of aromatic nitrogens is 6. The second kappa shape index (κ2) is 8.46. The Balaban J connectivity index is 1.78. The number of rotatable bonds is 5. The van der Waals surface area contributed by atoms with Gasteiger partial charge in [-0.25, -0.2) is 24.4 Å². The van der Waals surface area contributed by atoms with Crippen molar-refractivity contribution in [3.8, 4) is 11.5 Å². The Bertz CT molecular complexity index is 1280. The van der Waals surface area contributed by atoms with Crippen LogP contribution in [-0.4, -0.2) is 49.5 Å². The third-order valence-corrected chi connectivity index (χ3v) is 4.80. The second-order valence-corrected chi connectivity index (χ2v) is 7.18. The van der Waals surface area contributed by atoms with Crippen LogP contribution in [0, 0.1) is 6.92 Å². The molecule has 32 heavy (non-hydrogen) atoms. The molecule has 0 saturated heterocycles. The minimum Gasteiger partial charge on any atom is -0.449 e. The lowest BCUT2D eigenvalue weighted by Crippen LogP contribution is -2.29. The van der Waals surface area contributed by atoms with Crippen LogP contribution in [0.2, 0.25) is 0 Å². The maximum atomic E-state index is 12.1. The number of pyridine rings is 2. The fourth-order valence-electron chi connectivity index (χ4n) is 3.41. The lowest BCUT2D eigenvalue weighted by molar-refractivity contribution is 0.161. The summed E-state index contributed by atoms with van der Waals surface area (Å²) < 4.78 is 6.76. The van der Waals surface area contributed by atoms with Gasteiger partial charge in [-0.3, -0.25) is 9.88 Å². The largest absolute Gasteiger partial charge is 0.449 e. The summed E-state index contributed by atoms with van der Waals surface area (Å²) in [5.74, 6) is 0.315. The molecule has 164 valence electrons. The van der Waals surface area contributed by atoms with Gasteiger partial charge in [0.15, 0.2) is 23.1 Å². The van der Waals surface area contributed by atoms with Gasteiger partial charge in [0.2, 0.25) is 0 Å². The minimum atomic E-state index is -0.604. The SMILES string of the molecule is CCOC(=O)N(C)c1c(N)nc(-c2nn(Cc3cncc(C)c3)c3ncccc23)nc1N. The van der Waals surface area contributed by atoms with E-state index in [4.69, 9.17) is 21.3 Å². The Kier molecular flexibility index (Phi) is 5.54. The Labute approximate surface area is 184 Å². The molecule has 0 bridgehead atoms. The van der Waals surface area contributed by atoms with Gasteiger partial charge < -0.3 is 16.2 Å². The number of aryl methyl sites for hydroxylation is 1. The van der Waals surface area contributed by atoms with Crippen LogP contribution in [0.1, 0.15) is 18.1 Å². The number of carbonyl (C=O) groups excluding carboxylic acids is 1. The van der Waals surface area contributed by atoms with Crippen LogP contribution in [0.5, 0.6) is 0 Å². The molecule has 4 rings (SSSR count). The fourth-order valence-corrected chi connectivity index (χ4v) is 3.41. The molecular formula is C21H23N9O2. The van der Waals surface area contributed by atoms with Crippen molar-refractivity contribution >= 4 is 34.4 Å². The van der Waals surface area contributed by atoms with Crippen molar-refractivity contribution in [1.82, 2.24) is 29.7 Å². The highest BCUT2D eigenvalue weighted by Crippen LogP contribution is 2.32. The lowest BCUT2D eigenvalue weighted by Gasteiger charge is -2.19. The van der Waals surface area contributed by atoms with Gasteiger partial charge in [-0.1, -0.05) is 6.07 Å². The van der Waals surface area contributed by atoms with Crippen molar-refractivity contribution in [2.45, 2.75) is 20.4 Å². The highest BCUT2D eigenvalue weighted by molar-refractivity contribution is 5.96. The molecule has 11 heteroatoms. The number of fused-ring (bicyclic) bond motifs is 1. The molecule has 0 aromatic carbocycles. The first-order valence-corrected chi connectivity index (χ1v) is 9.95. The summed E-state index contributed by atoms with van der Waals surface area (Å²) in [5.41, 5.74) is 15.7. The average Bonchev–Trinajstić information content (AvgIpc) is 3.12. The Morgan fingerprint density at radius 2 is 1.97 bits per heavy atom. The Hall–Kier alpha value is -4.28. The summed E-state index contributed by atoms with van der Waals surface area (Å²) in [6.07, 6.45) is 4.67. The van der Waals surface area contributed by atoms with E-state index in [-0.39, 0.29) is 29.8 Å². The van der Waals surface area contributed by atoms with E-state index in [9.17, 15) is 4.79 Å². The molecule has 0 atom stereocenters. The maximum absolute atomic E-state index is 12.1. The maximum Gasteiger partial charge on any atom is 0.414 e. The smallest absolute Gasteiger partial charge is 0.414 e. The zero-order chi connectivity index (χ0) is 22.8. The molecule has 0 aliphatic carbocycles. The summed E-state index contributed by atoms with van der Waals surface area (Å²) in [5, 5.41) is 5.44. The normalized spacial score (nSPS) is 11.0. The molecule has 0 radical (unpaired) electrons. The summed E-state index contributed by atoms with van der Waals surface area (Å²) >= 11 is 0. The number of nitrogens with zero attached hydrogens (tertiary/aromatic N) is 7. The van der Waals surface area contributed by atoms with Crippen molar-refractivity contribution in [2.75, 3.05) is 30.0 Å². The predicted molar refractivity (Wildman–Crippen MR) is 121 cm³/mol. The number of nitrogen functional groups attached to an aromatic ring is 2. The second-order valence-electron chi connectivity index (χ2n) is 7.18. The van der Waals surface area contributed by atoms with Gasteiger partial charge in [0.05, 0.1) is 18.5 Å². The molecule has 0 fully saturated rings. The van der Waals surface area contributed by atoms with Gasteiger partial charge >= 0.3 is 6.09 Å². The molecule has 0 aliphatic heterocycles. The molecule has 4 aromatic heterocycles. The zero-order valence-corrected chi connectivity index (χ0v) is 18.0. The number of nitrogens with two attached hydrogens (primary N) is 2. The van der Waals surface area contributed by atoms with Crippen molar-refractivity contribution in [3.63, 3.8) is 0 Å². The van der Waals surface area contributed by atoms with Crippen LogP contribution in [0.25, 0.3) is 22.6 Å². The third-order valence-electron chi connectivity index (χ3n) is 4.80. The molecule has 0 saturated carbocycles. The van der Waals surface area contributed by atoms with Crippen molar-refractivity contribution in [2.24, 2.45) is 0 Å². The first-order valence-electron chi connectivity index (χ1n) is 9.95. The van der Waals surface area contributed by atoms with Crippen LogP contribution in [0.3, 0.4) is 0 Å². The van der Waals surface area contributed by atoms with Crippen molar-refractivity contribution in [1.29, 1.82) is 0 Å². The summed E-state index contributed by atoms with van der Waals surface area (Å²) in [7, 11) is 1.49. The monoisotopic (exact) mass is 433 g/mol. The minimum absolute atomic E-state index is 0.0394. The van der Waals surface area contributed by atoms with Crippen molar-refractivity contribution in [3.05, 3.63) is 47.9 Å². The summed E-state index contributed by atoms with van der Waals surface area (Å²) in [4.78, 5) is 30.7. The standard InChI is InChI=1S/C21H23N9O2/c1-4-32-21(31)29(3)16-17(22)26-19(27-18(16)23)15-14-6-5-7-25-20(14)30(28-15)11-13-8-12(2)9-24-10-13/h5-10H,4,11H2,1-3H3,(H4,22,23,26,27). The van der Waals surface area contributed by atoms with E-state index in [1.807, 2.05) is 25.1 Å². The van der Waals surface area contributed by atoms with Crippen LogP contribution < -0.4 is 16.4 Å². The number of hydrogen-bond acceptors (Lipinski definition) is 9. The van der Waals surface area contributed by atoms with E-state index in [0.29, 0.717) is 17.9 Å². The van der Waals surface area contributed by atoms with Crippen LogP contribution in [-0.2, 0) is 11.3 Å². The predicted octanol–water partition coefficient (Wildman–Crippen LogP) is 2.40. The van der Waals surface area contributed by atoms with Crippen LogP contribution in [0.15, 0.2) is 36.8 Å². The van der Waals surface area contributed by atoms with Crippen LogP contribution in [0.4, 0.5) is 22.1 Å². The summed E-state index contributed by atoms with van der Waals surface area (Å²) in [6, 6.07) is 5.72. The van der Waals surface area contributed by atoms with E-state index in [1.165, 1.54) is 11.9 Å². The lowest BCUT2D eigenvalue weighted by atomic mass is 10.2. The third kappa shape index (κ3) is 3.87. The highest BCUT2D eigenvalue weighted by Gasteiger charge is 2.23. The molecule has 4 N–H and O–H groups in total. The molecule has 0 aliphatic rings. The number of hydrogen-bond donors (Lipinski definition) is 2. The quantitative estimate of drug-likeness (QED) is 0.483. The number of carbonyl (C=O) groups is 1. The highest BCUT2D eigenvalue weighted by atomic mass is 16.6. The zero-order valence-electron chi connectivity index (χ0n) is 18.0. The van der Waals surface area contributed by atoms with Gasteiger partial charge in [-0.2, -0.15) is 5.10 Å². The molecule has 4 aromatic rings. The van der Waals surface area contributed by atoms with E-state index in [1.54, 1.807) is 30.2 Å². The Morgan fingerprint density at radius 1 is 1.22 bits per heavy atom. The van der Waals surface area contributed by atoms with Gasteiger partial charge in [-0.05, 0) is 37.1 Å². The topological polar surface area (TPSA) is 151 Å².